The lowest BCUT2D eigenvalue weighted by molar-refractivity contribution is 0.0853. The first-order valence-electron chi connectivity index (χ1n) is 6.93. The Labute approximate surface area is 120 Å². The van der Waals surface area contributed by atoms with E-state index in [9.17, 15) is 4.79 Å². The first-order valence-corrected chi connectivity index (χ1v) is 7.31. The van der Waals surface area contributed by atoms with Crippen LogP contribution in [0, 0.1) is 0 Å². The van der Waals surface area contributed by atoms with Crippen LogP contribution in [0.5, 0.6) is 0 Å². The second-order valence-corrected chi connectivity index (χ2v) is 5.43. The zero-order valence-corrected chi connectivity index (χ0v) is 12.2. The van der Waals surface area contributed by atoms with Crippen LogP contribution in [0.25, 0.3) is 0 Å². The Balaban J connectivity index is 1.86. The number of ketones is 1. The molecule has 0 unspecified atom stereocenters. The molecule has 1 aromatic rings. The molecule has 1 fully saturated rings. The summed E-state index contributed by atoms with van der Waals surface area (Å²) in [6.07, 6.45) is 1.19. The monoisotopic (exact) mass is 280 g/mol. The summed E-state index contributed by atoms with van der Waals surface area (Å²) in [6.45, 7) is 7.89. The lowest BCUT2D eigenvalue weighted by Crippen LogP contribution is -2.47. The van der Waals surface area contributed by atoms with Gasteiger partial charge in [0.15, 0.2) is 5.78 Å². The van der Waals surface area contributed by atoms with Gasteiger partial charge < -0.3 is 4.90 Å². The molecule has 0 radical (unpaired) electrons. The van der Waals surface area contributed by atoms with Crippen molar-refractivity contribution in [2.24, 2.45) is 0 Å². The summed E-state index contributed by atoms with van der Waals surface area (Å²) in [6, 6.07) is 7.28. The molecule has 0 spiro atoms. The van der Waals surface area contributed by atoms with Crippen molar-refractivity contribution in [2.75, 3.05) is 39.3 Å². The summed E-state index contributed by atoms with van der Waals surface area (Å²) in [7, 11) is 0. The zero-order chi connectivity index (χ0) is 13.7. The molecule has 19 heavy (non-hydrogen) atoms. The Hall–Kier alpha value is -0.900. The van der Waals surface area contributed by atoms with Gasteiger partial charge in [-0.1, -0.05) is 30.7 Å². The van der Waals surface area contributed by atoms with E-state index in [-0.39, 0.29) is 5.78 Å². The van der Waals surface area contributed by atoms with Crippen LogP contribution < -0.4 is 0 Å². The number of halogens is 1. The zero-order valence-electron chi connectivity index (χ0n) is 11.4. The second-order valence-electron chi connectivity index (χ2n) is 5.02. The molecule has 0 amide bonds. The summed E-state index contributed by atoms with van der Waals surface area (Å²) < 4.78 is 0. The van der Waals surface area contributed by atoms with Crippen LogP contribution in [0.3, 0.4) is 0 Å². The van der Waals surface area contributed by atoms with E-state index in [1.54, 1.807) is 12.1 Å². The van der Waals surface area contributed by atoms with Crippen LogP contribution in [0.1, 0.15) is 23.7 Å². The molecule has 1 saturated heterocycles. The number of hydrogen-bond acceptors (Lipinski definition) is 3. The Morgan fingerprint density at radius 3 is 2.42 bits per heavy atom. The lowest BCUT2D eigenvalue weighted by Gasteiger charge is -2.34. The fourth-order valence-corrected chi connectivity index (χ4v) is 2.70. The van der Waals surface area contributed by atoms with Gasteiger partial charge in [-0.3, -0.25) is 9.69 Å². The minimum atomic E-state index is 0.120. The lowest BCUT2D eigenvalue weighted by atomic mass is 10.1. The van der Waals surface area contributed by atoms with Crippen LogP contribution in [-0.4, -0.2) is 54.9 Å². The van der Waals surface area contributed by atoms with Gasteiger partial charge in [-0.25, -0.2) is 0 Å². The van der Waals surface area contributed by atoms with Crippen LogP contribution in [0.4, 0.5) is 0 Å². The van der Waals surface area contributed by atoms with E-state index in [0.717, 1.165) is 32.7 Å². The van der Waals surface area contributed by atoms with Crippen molar-refractivity contribution in [1.29, 1.82) is 0 Å². The normalized spacial score (nSPS) is 17.6. The number of carbonyl (C=O) groups excluding carboxylic acids is 1. The van der Waals surface area contributed by atoms with Gasteiger partial charge in [-0.05, 0) is 25.1 Å². The molecule has 0 atom stereocenters. The molecule has 3 nitrogen and oxygen atoms in total. The third-order valence-electron chi connectivity index (χ3n) is 3.55. The number of Topliss-reactive ketones (excluding diaryl/α,β-unsaturated/α-hetero) is 1. The van der Waals surface area contributed by atoms with E-state index in [0.29, 0.717) is 17.1 Å². The van der Waals surface area contributed by atoms with Gasteiger partial charge in [0.25, 0.3) is 0 Å². The highest BCUT2D eigenvalue weighted by molar-refractivity contribution is 6.34. The average Bonchev–Trinajstić information content (AvgIpc) is 2.42. The van der Waals surface area contributed by atoms with Crippen molar-refractivity contribution in [3.05, 3.63) is 34.9 Å². The highest BCUT2D eigenvalue weighted by Crippen LogP contribution is 2.16. The van der Waals surface area contributed by atoms with Gasteiger partial charge in [-0.2, -0.15) is 0 Å². The van der Waals surface area contributed by atoms with Crippen molar-refractivity contribution in [3.8, 4) is 0 Å². The van der Waals surface area contributed by atoms with Crippen LogP contribution in [0.15, 0.2) is 24.3 Å². The number of carbonyl (C=O) groups is 1. The van der Waals surface area contributed by atoms with Gasteiger partial charge in [0.05, 0.1) is 11.6 Å². The Morgan fingerprint density at radius 2 is 1.79 bits per heavy atom. The quantitative estimate of drug-likeness (QED) is 0.775. The maximum atomic E-state index is 12.2. The van der Waals surface area contributed by atoms with E-state index in [2.05, 4.69) is 16.7 Å². The van der Waals surface area contributed by atoms with Gasteiger partial charge in [-0.15, -0.1) is 0 Å². The number of piperazine rings is 1. The van der Waals surface area contributed by atoms with E-state index in [1.807, 2.05) is 12.1 Å². The van der Waals surface area contributed by atoms with Crippen LogP contribution >= 0.6 is 11.6 Å². The van der Waals surface area contributed by atoms with E-state index >= 15 is 0 Å². The standard InChI is InChI=1S/C15H21ClN2O/c1-2-7-17-8-10-18(11-9-17)12-15(19)13-5-3-4-6-14(13)16/h3-6H,2,7-12H2,1H3. The first kappa shape index (κ1) is 14.5. The molecular formula is C15H21ClN2O. The molecule has 1 aromatic carbocycles. The summed E-state index contributed by atoms with van der Waals surface area (Å²) in [5.74, 6) is 0.120. The Morgan fingerprint density at radius 1 is 1.16 bits per heavy atom. The Kier molecular flexibility index (Phi) is 5.37. The maximum absolute atomic E-state index is 12.2. The number of nitrogens with zero attached hydrogens (tertiary/aromatic N) is 2. The third kappa shape index (κ3) is 4.03. The minimum absolute atomic E-state index is 0.120. The molecule has 1 aliphatic heterocycles. The van der Waals surface area contributed by atoms with E-state index in [4.69, 9.17) is 11.6 Å². The summed E-state index contributed by atoms with van der Waals surface area (Å²) in [5, 5.41) is 0.553. The van der Waals surface area contributed by atoms with Crippen LogP contribution in [0.2, 0.25) is 5.02 Å². The Bertz CT molecular complexity index is 428. The van der Waals surface area contributed by atoms with Crippen LogP contribution in [-0.2, 0) is 0 Å². The molecule has 0 aliphatic carbocycles. The highest BCUT2D eigenvalue weighted by atomic mass is 35.5. The van der Waals surface area contributed by atoms with Crippen molar-refractivity contribution < 1.29 is 4.79 Å². The van der Waals surface area contributed by atoms with Crippen molar-refractivity contribution >= 4 is 17.4 Å². The first-order chi connectivity index (χ1) is 9.20. The van der Waals surface area contributed by atoms with Gasteiger partial charge in [0, 0.05) is 31.7 Å². The van der Waals surface area contributed by atoms with Crippen molar-refractivity contribution in [3.63, 3.8) is 0 Å². The predicted molar refractivity (Wildman–Crippen MR) is 79.0 cm³/mol. The minimum Gasteiger partial charge on any atom is -0.301 e. The highest BCUT2D eigenvalue weighted by Gasteiger charge is 2.19. The molecule has 0 N–H and O–H groups in total. The molecule has 1 heterocycles. The summed E-state index contributed by atoms with van der Waals surface area (Å²) >= 11 is 6.05. The molecule has 4 heteroatoms. The van der Waals surface area contributed by atoms with Gasteiger partial charge in [0.1, 0.15) is 0 Å². The smallest absolute Gasteiger partial charge is 0.178 e. The summed E-state index contributed by atoms with van der Waals surface area (Å²) in [4.78, 5) is 16.9. The molecule has 0 aromatic heterocycles. The molecule has 2 rings (SSSR count). The molecule has 0 saturated carbocycles. The van der Waals surface area contributed by atoms with E-state index in [1.165, 1.54) is 6.42 Å². The van der Waals surface area contributed by atoms with Gasteiger partial charge in [0.2, 0.25) is 0 Å². The second kappa shape index (κ2) is 7.04. The molecular weight excluding hydrogens is 260 g/mol. The van der Waals surface area contributed by atoms with E-state index < -0.39 is 0 Å². The number of rotatable bonds is 5. The molecule has 104 valence electrons. The molecule has 1 aliphatic rings. The van der Waals surface area contributed by atoms with Gasteiger partial charge >= 0.3 is 0 Å². The fraction of sp³-hybridized carbons (Fsp3) is 0.533. The predicted octanol–water partition coefficient (Wildman–Crippen LogP) is 2.55. The fourth-order valence-electron chi connectivity index (χ4n) is 2.46. The van der Waals surface area contributed by atoms with Crippen molar-refractivity contribution in [2.45, 2.75) is 13.3 Å². The maximum Gasteiger partial charge on any atom is 0.178 e. The average molecular weight is 281 g/mol. The number of benzene rings is 1. The summed E-state index contributed by atoms with van der Waals surface area (Å²) in [5.41, 5.74) is 0.639. The SMILES string of the molecule is CCCN1CCN(CC(=O)c2ccccc2Cl)CC1. The third-order valence-corrected chi connectivity index (χ3v) is 3.88. The van der Waals surface area contributed by atoms with Crippen molar-refractivity contribution in [1.82, 2.24) is 9.80 Å². The molecule has 0 bridgehead atoms. The largest absolute Gasteiger partial charge is 0.301 e. The number of hydrogen-bond donors (Lipinski definition) is 0. The topological polar surface area (TPSA) is 23.6 Å².